The number of nitrogens with zero attached hydrogens (tertiary/aromatic N) is 4. The van der Waals surface area contributed by atoms with Crippen LogP contribution in [0.15, 0.2) is 183 Å². The summed E-state index contributed by atoms with van der Waals surface area (Å²) in [5.41, 5.74) is 20.0. The number of aromatic nitrogens is 4. The Labute approximate surface area is 476 Å². The van der Waals surface area contributed by atoms with Gasteiger partial charge in [-0.3, -0.25) is 11.8 Å². The van der Waals surface area contributed by atoms with E-state index in [1.165, 1.54) is 111 Å². The van der Waals surface area contributed by atoms with Crippen molar-refractivity contribution in [3.05, 3.63) is 284 Å². The van der Waals surface area contributed by atoms with Crippen LogP contribution in [-0.4, -0.2) is 46.4 Å². The zero-order valence-electron chi connectivity index (χ0n) is 43.2. The van der Waals surface area contributed by atoms with Crippen LogP contribution in [0.1, 0.15) is 89.5 Å². The fourth-order valence-electron chi connectivity index (χ4n) is 10.6. The summed E-state index contributed by atoms with van der Waals surface area (Å²) in [6, 6.07) is 58.9. The van der Waals surface area contributed by atoms with Gasteiger partial charge in [-0.15, -0.1) is 12.8 Å². The number of rotatable bonds is 17. The van der Waals surface area contributed by atoms with E-state index in [0.29, 0.717) is 19.3 Å². The van der Waals surface area contributed by atoms with Gasteiger partial charge in [-0.05, 0) is 115 Å². The van der Waals surface area contributed by atoms with Gasteiger partial charge in [0.1, 0.15) is 11.6 Å². The third-order valence-electron chi connectivity index (χ3n) is 14.8. The van der Waals surface area contributed by atoms with Gasteiger partial charge in [0.2, 0.25) is 0 Å². The molecule has 0 atom stereocenters. The summed E-state index contributed by atoms with van der Waals surface area (Å²) in [5.74, 6) is 4.60. The Kier molecular flexibility index (Phi) is 17.0. The third-order valence-corrected chi connectivity index (χ3v) is 14.8. The van der Waals surface area contributed by atoms with E-state index in [-0.39, 0.29) is 42.1 Å². The Morgan fingerprint density at radius 2 is 0.750 bits per heavy atom. The molecule has 12 rings (SSSR count). The molecule has 2 saturated heterocycles. The molecule has 10 aromatic rings. The molecule has 0 spiro atoms. The molecule has 0 amide bonds. The molecule has 0 bridgehead atoms. The molecule has 8 aromatic carbocycles. The minimum absolute atomic E-state index is 0. The van der Waals surface area contributed by atoms with Gasteiger partial charge in [-0.25, -0.2) is 19.9 Å². The van der Waals surface area contributed by atoms with E-state index < -0.39 is 0 Å². The van der Waals surface area contributed by atoms with Crippen LogP contribution >= 0.6 is 0 Å². The van der Waals surface area contributed by atoms with Gasteiger partial charge in [-0.2, -0.15) is 0 Å². The van der Waals surface area contributed by atoms with Crippen molar-refractivity contribution in [1.82, 2.24) is 19.9 Å². The Morgan fingerprint density at radius 1 is 0.355 bits per heavy atom. The van der Waals surface area contributed by atoms with E-state index in [1.54, 1.807) is 0 Å². The number of ether oxygens (including phenoxy) is 2. The number of hydrogen-bond acceptors (Lipinski definition) is 6. The first-order chi connectivity index (χ1) is 36.3. The van der Waals surface area contributed by atoms with Crippen molar-refractivity contribution in [2.24, 2.45) is 0 Å². The molecule has 0 unspecified atom stereocenters. The van der Waals surface area contributed by atoms with Gasteiger partial charge in [0, 0.05) is 92.6 Å². The monoisotopic (exact) mass is 1330 g/mol. The molecule has 2 fully saturated rings. The van der Waals surface area contributed by atoms with E-state index in [0.717, 1.165) is 81.3 Å². The first-order valence-electron chi connectivity index (χ1n) is 26.1. The van der Waals surface area contributed by atoms with E-state index >= 15 is 0 Å². The van der Waals surface area contributed by atoms with E-state index in [9.17, 15) is 0 Å². The first-order valence-corrected chi connectivity index (χ1v) is 26.1. The fraction of sp³-hybridized carbons (Fsp3) is 0.206. The van der Waals surface area contributed by atoms with Crippen LogP contribution < -0.4 is 0 Å². The molecular formula is C68H60N4O2W2-2. The van der Waals surface area contributed by atoms with Crippen molar-refractivity contribution in [2.75, 3.05) is 26.4 Å². The van der Waals surface area contributed by atoms with Crippen molar-refractivity contribution in [3.8, 4) is 11.1 Å². The second kappa shape index (κ2) is 24.4. The average Bonchev–Trinajstić information content (AvgIpc) is 3.40. The fourth-order valence-corrected chi connectivity index (χ4v) is 10.6. The van der Waals surface area contributed by atoms with Gasteiger partial charge in [0.15, 0.2) is 0 Å². The summed E-state index contributed by atoms with van der Waals surface area (Å²) in [5, 5.41) is 4.95. The van der Waals surface area contributed by atoms with Gasteiger partial charge in [0.05, 0.1) is 0 Å². The number of aryl methyl sites for hydroxylation is 2. The molecular weight excluding hydrogens is 1270 g/mol. The summed E-state index contributed by atoms with van der Waals surface area (Å²) >= 11 is 0. The van der Waals surface area contributed by atoms with Gasteiger partial charge in [0.25, 0.3) is 0 Å². The van der Waals surface area contributed by atoms with E-state index in [1.807, 2.05) is 24.8 Å². The molecule has 0 N–H and O–H groups in total. The maximum Gasteiger partial charge on any atom is 0.132 e. The Bertz CT molecular complexity index is 3560. The van der Waals surface area contributed by atoms with Crippen molar-refractivity contribution >= 4 is 21.5 Å². The van der Waals surface area contributed by atoms with Crippen molar-refractivity contribution in [2.45, 2.75) is 65.2 Å². The van der Waals surface area contributed by atoms with Crippen LogP contribution in [-0.2, 0) is 103 Å². The minimum atomic E-state index is 0. The summed E-state index contributed by atoms with van der Waals surface area (Å²) < 4.78 is 10.6. The quantitative estimate of drug-likeness (QED) is 0.0846. The van der Waals surface area contributed by atoms with Gasteiger partial charge < -0.3 is 9.47 Å². The summed E-state index contributed by atoms with van der Waals surface area (Å²) in [7, 11) is 0. The Hall–Kier alpha value is -6.26. The molecule has 8 heteroatoms. The molecule has 4 heterocycles. The van der Waals surface area contributed by atoms with Gasteiger partial charge >= 0.3 is 0 Å². The first kappa shape index (κ1) is 53.1. The van der Waals surface area contributed by atoms with Crippen LogP contribution in [0.25, 0.3) is 32.7 Å². The smallest absolute Gasteiger partial charge is 0.132 e. The maximum atomic E-state index is 5.32. The summed E-state index contributed by atoms with van der Waals surface area (Å²) in [6.07, 6.45) is 14.7. The molecule has 2 aromatic heterocycles. The topological polar surface area (TPSA) is 70.0 Å². The van der Waals surface area contributed by atoms with Crippen molar-refractivity contribution in [1.29, 1.82) is 0 Å². The van der Waals surface area contributed by atoms with Crippen molar-refractivity contribution < 1.29 is 51.6 Å². The van der Waals surface area contributed by atoms with Gasteiger partial charge in [-0.1, -0.05) is 206 Å². The molecule has 378 valence electrons. The van der Waals surface area contributed by atoms with Crippen LogP contribution in [0, 0.1) is 25.7 Å². The predicted octanol–water partition coefficient (Wildman–Crippen LogP) is 13.7. The summed E-state index contributed by atoms with van der Waals surface area (Å²) in [4.78, 5) is 19.6. The van der Waals surface area contributed by atoms with E-state index in [2.05, 4.69) is 172 Å². The number of fused-ring (bicyclic) bond motifs is 2. The molecule has 0 saturated carbocycles. The zero-order chi connectivity index (χ0) is 49.8. The number of benzene rings is 8. The second-order valence-electron chi connectivity index (χ2n) is 20.9. The molecule has 2 aliphatic rings. The largest absolute Gasteiger partial charge is 0.444 e. The Balaban J connectivity index is 0.00000328. The average molecular weight is 1330 g/mol. The standard InChI is InChI=1S/C68H60N4O2.2W/c1-45-4-24-64-60(25-45)21-22-61(33-57-39-71-67(72-40-57)36-54-19-15-50(16-20-54)28-48-7-11-52(12-8-48)30-59-43-74-44-59)68(64)65-34-55(32-62-26-46(2)3-23-63(62)65)31-56-37-69-66(70-38-56)35-53-17-13-49(14-18-53)27-47-5-9-51(10-6-47)29-58-41-73-42-58;;/h3-26,32,34,37-40H,27-31,33,35-36,41-44H2,1-2H3;;/q-2;;. The van der Waals surface area contributed by atoms with Crippen LogP contribution in [0.4, 0.5) is 0 Å². The predicted molar refractivity (Wildman–Crippen MR) is 299 cm³/mol. The SMILES string of the molecule is Cc1ccc2c(-c3c(Cc4cnc(Cc5ccc(Cc6ccc(C[C-]7COC7)cc6)cc5)nc4)ccc4cc(C)ccc34)cc(Cc3cnc(Cc4ccc(Cc5ccc(C[C-]6COC6)cc5)cc4)nc3)cc2c1.[W].[W]. The second-order valence-corrected chi connectivity index (χ2v) is 20.9. The van der Waals surface area contributed by atoms with Crippen LogP contribution in [0.3, 0.4) is 0 Å². The minimum Gasteiger partial charge on any atom is -0.444 e. The molecule has 2 aliphatic heterocycles. The normalized spacial score (nSPS) is 13.4. The summed E-state index contributed by atoms with van der Waals surface area (Å²) in [6.45, 7) is 7.59. The molecule has 0 aliphatic carbocycles. The molecule has 6 nitrogen and oxygen atoms in total. The maximum absolute atomic E-state index is 5.32. The van der Waals surface area contributed by atoms with Crippen LogP contribution in [0.2, 0.25) is 0 Å². The zero-order valence-corrected chi connectivity index (χ0v) is 49.1. The van der Waals surface area contributed by atoms with Crippen LogP contribution in [0.5, 0.6) is 0 Å². The van der Waals surface area contributed by atoms with E-state index in [4.69, 9.17) is 29.4 Å². The van der Waals surface area contributed by atoms with Crippen molar-refractivity contribution in [3.63, 3.8) is 0 Å². The third kappa shape index (κ3) is 12.9. The molecule has 0 radical (unpaired) electrons. The molecule has 76 heavy (non-hydrogen) atoms. The number of hydrogen-bond donors (Lipinski definition) is 0. The Morgan fingerprint density at radius 3 is 1.20 bits per heavy atom.